The van der Waals surface area contributed by atoms with Crippen LogP contribution < -0.4 is 0 Å². The molecule has 14 heavy (non-hydrogen) atoms. The van der Waals surface area contributed by atoms with Crippen molar-refractivity contribution in [2.45, 2.75) is 13.0 Å². The first-order chi connectivity index (χ1) is 6.59. The molecule has 1 aromatic rings. The van der Waals surface area contributed by atoms with E-state index in [0.29, 0.717) is 5.56 Å². The second-order valence-electron chi connectivity index (χ2n) is 2.36. The number of hydrogen-bond acceptors (Lipinski definition) is 3. The van der Waals surface area contributed by atoms with Crippen molar-refractivity contribution in [3.63, 3.8) is 0 Å². The Kier molecular flexibility index (Phi) is 4.44. The van der Waals surface area contributed by atoms with Crippen LogP contribution in [-0.4, -0.2) is 23.0 Å². The molecule has 0 aliphatic heterocycles. The Bertz CT molecular complexity index is 312. The third kappa shape index (κ3) is 3.69. The minimum Gasteiger partial charge on any atom is -0.371 e. The van der Waals surface area contributed by atoms with E-state index in [2.05, 4.69) is 14.7 Å². The van der Waals surface area contributed by atoms with Gasteiger partial charge in [-0.1, -0.05) is 11.6 Å². The minimum atomic E-state index is -2.50. The van der Waals surface area contributed by atoms with Gasteiger partial charge in [-0.05, 0) is 11.6 Å². The van der Waals surface area contributed by atoms with E-state index in [0.717, 1.165) is 0 Å². The van der Waals surface area contributed by atoms with Gasteiger partial charge in [-0.25, -0.2) is 18.7 Å². The molecule has 0 aromatic carbocycles. The summed E-state index contributed by atoms with van der Waals surface area (Å²) in [6.07, 6.45) is -1.16. The number of nitrogens with zero attached hydrogens (tertiary/aromatic N) is 2. The first-order valence-corrected chi connectivity index (χ1v) is 4.38. The fourth-order valence-corrected chi connectivity index (χ4v) is 1.08. The highest BCUT2D eigenvalue weighted by Gasteiger charge is 2.06. The standard InChI is InChI=1S/C7H6Cl2F2N2O/c8-6-4(1-12-7(9)13-6)2-14-3-5(10)11/h1,5H,2-3H2. The molecule has 0 unspecified atom stereocenters. The number of ether oxygens (including phenoxy) is 1. The average Bonchev–Trinajstić information content (AvgIpc) is 2.08. The Labute approximate surface area is 89.0 Å². The zero-order valence-corrected chi connectivity index (χ0v) is 8.40. The van der Waals surface area contributed by atoms with Gasteiger partial charge in [-0.15, -0.1) is 0 Å². The van der Waals surface area contributed by atoms with E-state index in [9.17, 15) is 8.78 Å². The van der Waals surface area contributed by atoms with Gasteiger partial charge in [0, 0.05) is 11.8 Å². The maximum absolute atomic E-state index is 11.7. The van der Waals surface area contributed by atoms with E-state index in [1.807, 2.05) is 0 Å². The molecule has 78 valence electrons. The molecular formula is C7H6Cl2F2N2O. The predicted molar refractivity (Wildman–Crippen MR) is 47.7 cm³/mol. The lowest BCUT2D eigenvalue weighted by atomic mass is 10.4. The SMILES string of the molecule is FC(F)COCc1cnc(Cl)nc1Cl. The Morgan fingerprint density at radius 2 is 2.14 bits per heavy atom. The summed E-state index contributed by atoms with van der Waals surface area (Å²) in [4.78, 5) is 7.26. The van der Waals surface area contributed by atoms with Gasteiger partial charge in [-0.2, -0.15) is 0 Å². The molecule has 1 rings (SSSR count). The first-order valence-electron chi connectivity index (χ1n) is 3.62. The van der Waals surface area contributed by atoms with Crippen molar-refractivity contribution < 1.29 is 13.5 Å². The van der Waals surface area contributed by atoms with Gasteiger partial charge in [0.2, 0.25) is 5.28 Å². The fourth-order valence-electron chi connectivity index (χ4n) is 0.721. The van der Waals surface area contributed by atoms with Gasteiger partial charge in [0.25, 0.3) is 6.43 Å². The zero-order valence-electron chi connectivity index (χ0n) is 6.88. The Balaban J connectivity index is 2.51. The van der Waals surface area contributed by atoms with Crippen LogP contribution in [0.2, 0.25) is 10.4 Å². The number of hydrogen-bond donors (Lipinski definition) is 0. The van der Waals surface area contributed by atoms with E-state index in [1.165, 1.54) is 6.20 Å². The van der Waals surface area contributed by atoms with Gasteiger partial charge in [0.1, 0.15) is 11.8 Å². The van der Waals surface area contributed by atoms with Crippen molar-refractivity contribution in [1.29, 1.82) is 0 Å². The van der Waals surface area contributed by atoms with Crippen LogP contribution in [-0.2, 0) is 11.3 Å². The molecule has 0 saturated heterocycles. The van der Waals surface area contributed by atoms with Gasteiger partial charge >= 0.3 is 0 Å². The van der Waals surface area contributed by atoms with E-state index < -0.39 is 13.0 Å². The zero-order chi connectivity index (χ0) is 10.6. The Morgan fingerprint density at radius 1 is 1.43 bits per heavy atom. The van der Waals surface area contributed by atoms with Crippen molar-refractivity contribution in [1.82, 2.24) is 9.97 Å². The van der Waals surface area contributed by atoms with Crippen LogP contribution in [0.3, 0.4) is 0 Å². The van der Waals surface area contributed by atoms with Crippen LogP contribution in [0.1, 0.15) is 5.56 Å². The molecule has 0 amide bonds. The molecule has 0 aliphatic carbocycles. The summed E-state index contributed by atoms with van der Waals surface area (Å²) in [5.74, 6) is 0. The van der Waals surface area contributed by atoms with Gasteiger partial charge in [-0.3, -0.25) is 0 Å². The lowest BCUT2D eigenvalue weighted by molar-refractivity contribution is 0.00973. The van der Waals surface area contributed by atoms with Crippen molar-refractivity contribution in [3.05, 3.63) is 22.2 Å². The van der Waals surface area contributed by atoms with Crippen LogP contribution in [0.5, 0.6) is 0 Å². The van der Waals surface area contributed by atoms with Crippen LogP contribution in [0, 0.1) is 0 Å². The van der Waals surface area contributed by atoms with E-state index >= 15 is 0 Å². The molecule has 1 heterocycles. The molecule has 0 saturated carbocycles. The fraction of sp³-hybridized carbons (Fsp3) is 0.429. The third-order valence-electron chi connectivity index (χ3n) is 1.28. The summed E-state index contributed by atoms with van der Waals surface area (Å²) < 4.78 is 28.0. The highest BCUT2D eigenvalue weighted by molar-refractivity contribution is 6.32. The largest absolute Gasteiger partial charge is 0.371 e. The van der Waals surface area contributed by atoms with E-state index in [-0.39, 0.29) is 17.0 Å². The molecule has 0 N–H and O–H groups in total. The number of alkyl halides is 2. The van der Waals surface area contributed by atoms with Crippen LogP contribution in [0.15, 0.2) is 6.20 Å². The lowest BCUT2D eigenvalue weighted by Crippen LogP contribution is -2.05. The summed E-state index contributed by atoms with van der Waals surface area (Å²) in [7, 11) is 0. The Morgan fingerprint density at radius 3 is 2.71 bits per heavy atom. The van der Waals surface area contributed by atoms with Crippen molar-refractivity contribution in [2.75, 3.05) is 6.61 Å². The molecule has 0 bridgehead atoms. The number of halogens is 4. The molecule has 0 spiro atoms. The summed E-state index contributed by atoms with van der Waals surface area (Å²) in [6.45, 7) is -0.695. The normalized spacial score (nSPS) is 10.9. The quantitative estimate of drug-likeness (QED) is 0.602. The van der Waals surface area contributed by atoms with Crippen LogP contribution >= 0.6 is 23.2 Å². The maximum Gasteiger partial charge on any atom is 0.261 e. The molecular weight excluding hydrogens is 237 g/mol. The summed E-state index contributed by atoms with van der Waals surface area (Å²) in [5.41, 5.74) is 0.428. The predicted octanol–water partition coefficient (Wildman–Crippen LogP) is 2.57. The number of rotatable bonds is 4. The second kappa shape index (κ2) is 5.38. The average molecular weight is 243 g/mol. The van der Waals surface area contributed by atoms with Crippen LogP contribution in [0.4, 0.5) is 8.78 Å². The topological polar surface area (TPSA) is 35.0 Å². The third-order valence-corrected chi connectivity index (χ3v) is 1.79. The van der Waals surface area contributed by atoms with Gasteiger partial charge in [0.05, 0.1) is 6.61 Å². The molecule has 1 aromatic heterocycles. The summed E-state index contributed by atoms with van der Waals surface area (Å²) in [5, 5.41) is 0.117. The van der Waals surface area contributed by atoms with E-state index in [4.69, 9.17) is 23.2 Å². The van der Waals surface area contributed by atoms with Crippen molar-refractivity contribution in [3.8, 4) is 0 Å². The molecule has 0 fully saturated rings. The second-order valence-corrected chi connectivity index (χ2v) is 3.06. The van der Waals surface area contributed by atoms with Gasteiger partial charge < -0.3 is 4.74 Å². The maximum atomic E-state index is 11.7. The monoisotopic (exact) mass is 242 g/mol. The Hall–Kier alpha value is -0.520. The molecule has 0 aliphatic rings. The van der Waals surface area contributed by atoms with Crippen molar-refractivity contribution >= 4 is 23.2 Å². The van der Waals surface area contributed by atoms with Crippen molar-refractivity contribution in [2.24, 2.45) is 0 Å². The molecule has 0 atom stereocenters. The summed E-state index contributed by atoms with van der Waals surface area (Å²) >= 11 is 11.1. The molecule has 0 radical (unpaired) electrons. The minimum absolute atomic E-state index is 0.00705. The first kappa shape index (κ1) is 11.6. The number of aromatic nitrogens is 2. The van der Waals surface area contributed by atoms with Crippen LogP contribution in [0.25, 0.3) is 0 Å². The highest BCUT2D eigenvalue weighted by Crippen LogP contribution is 2.15. The molecule has 7 heteroatoms. The molecule has 3 nitrogen and oxygen atoms in total. The summed E-state index contributed by atoms with van der Waals surface area (Å²) in [6, 6.07) is 0. The van der Waals surface area contributed by atoms with E-state index in [1.54, 1.807) is 0 Å². The smallest absolute Gasteiger partial charge is 0.261 e. The van der Waals surface area contributed by atoms with Gasteiger partial charge in [0.15, 0.2) is 0 Å². The lowest BCUT2D eigenvalue weighted by Gasteiger charge is -2.04. The highest BCUT2D eigenvalue weighted by atomic mass is 35.5.